The molecular formula is C15H18O2. The molecule has 1 aromatic carbocycles. The fourth-order valence-electron chi connectivity index (χ4n) is 1.32. The van der Waals surface area contributed by atoms with Gasteiger partial charge in [0.15, 0.2) is 0 Å². The minimum Gasteiger partial charge on any atom is -0.426 e. The molecule has 1 rings (SSSR count). The van der Waals surface area contributed by atoms with Crippen molar-refractivity contribution in [1.29, 1.82) is 0 Å². The first-order valence-corrected chi connectivity index (χ1v) is 5.60. The van der Waals surface area contributed by atoms with E-state index in [0.29, 0.717) is 5.76 Å². The predicted octanol–water partition coefficient (Wildman–Crippen LogP) is 3.95. The molecule has 0 atom stereocenters. The fraction of sp³-hybridized carbons (Fsp3) is 0.267. The van der Waals surface area contributed by atoms with E-state index in [9.17, 15) is 4.79 Å². The van der Waals surface area contributed by atoms with Gasteiger partial charge in [0.1, 0.15) is 5.76 Å². The number of hydrogen-bond donors (Lipinski definition) is 0. The Kier molecular flexibility index (Phi) is 4.70. The monoisotopic (exact) mass is 230 g/mol. The number of esters is 1. The van der Waals surface area contributed by atoms with Crippen LogP contribution in [0.1, 0.15) is 33.3 Å². The van der Waals surface area contributed by atoms with Crippen molar-refractivity contribution in [2.24, 2.45) is 0 Å². The highest BCUT2D eigenvalue weighted by Gasteiger charge is 2.06. The zero-order valence-electron chi connectivity index (χ0n) is 10.8. The summed E-state index contributed by atoms with van der Waals surface area (Å²) in [7, 11) is 0. The first kappa shape index (κ1) is 13.2. The Morgan fingerprint density at radius 1 is 1.06 bits per heavy atom. The fourth-order valence-corrected chi connectivity index (χ4v) is 1.32. The van der Waals surface area contributed by atoms with E-state index in [1.165, 1.54) is 6.92 Å². The third-order valence-electron chi connectivity index (χ3n) is 2.47. The maximum absolute atomic E-state index is 11.1. The number of carbonyl (C=O) groups excluding carboxylic acids is 1. The van der Waals surface area contributed by atoms with Crippen LogP contribution in [0.2, 0.25) is 0 Å². The summed E-state index contributed by atoms with van der Waals surface area (Å²) in [5.74, 6) is 0.316. The van der Waals surface area contributed by atoms with Crippen molar-refractivity contribution in [1.82, 2.24) is 0 Å². The van der Waals surface area contributed by atoms with Crippen molar-refractivity contribution in [3.05, 3.63) is 52.8 Å². The second kappa shape index (κ2) is 6.04. The Labute approximate surface area is 103 Å². The van der Waals surface area contributed by atoms with Crippen molar-refractivity contribution in [2.75, 3.05) is 0 Å². The number of hydrogen-bond acceptors (Lipinski definition) is 2. The van der Waals surface area contributed by atoms with Crippen LogP contribution in [0.5, 0.6) is 0 Å². The lowest BCUT2D eigenvalue weighted by atomic mass is 10.1. The minimum absolute atomic E-state index is 0.298. The van der Waals surface area contributed by atoms with Gasteiger partial charge in [-0.3, -0.25) is 4.79 Å². The van der Waals surface area contributed by atoms with E-state index in [4.69, 9.17) is 4.74 Å². The molecule has 0 aliphatic rings. The van der Waals surface area contributed by atoms with Crippen molar-refractivity contribution in [3.8, 4) is 0 Å². The van der Waals surface area contributed by atoms with E-state index in [1.807, 2.05) is 57.2 Å². The van der Waals surface area contributed by atoms with Crippen LogP contribution >= 0.6 is 0 Å². The zero-order valence-corrected chi connectivity index (χ0v) is 10.8. The van der Waals surface area contributed by atoms with Crippen LogP contribution < -0.4 is 0 Å². The molecule has 2 nitrogen and oxygen atoms in total. The second-order valence-electron chi connectivity index (χ2n) is 4.14. The second-order valence-corrected chi connectivity index (χ2v) is 4.14. The molecule has 0 aromatic heterocycles. The van der Waals surface area contributed by atoms with Crippen molar-refractivity contribution < 1.29 is 9.53 Å². The van der Waals surface area contributed by atoms with Crippen LogP contribution in [-0.2, 0) is 9.53 Å². The predicted molar refractivity (Wildman–Crippen MR) is 70.2 cm³/mol. The Morgan fingerprint density at radius 2 is 1.65 bits per heavy atom. The van der Waals surface area contributed by atoms with Crippen molar-refractivity contribution in [2.45, 2.75) is 27.7 Å². The van der Waals surface area contributed by atoms with Crippen molar-refractivity contribution >= 4 is 12.0 Å². The van der Waals surface area contributed by atoms with Gasteiger partial charge in [-0.05, 0) is 38.0 Å². The molecule has 17 heavy (non-hydrogen) atoms. The SMILES string of the molecule is CC(=O)O/C(=C\c1ccccc1)C(C)=C(C)C. The maximum Gasteiger partial charge on any atom is 0.308 e. The normalized spacial score (nSPS) is 10.9. The van der Waals surface area contributed by atoms with E-state index in [0.717, 1.165) is 16.7 Å². The number of allylic oxidation sites excluding steroid dienone is 2. The summed E-state index contributed by atoms with van der Waals surface area (Å²) in [5.41, 5.74) is 3.14. The van der Waals surface area contributed by atoms with E-state index >= 15 is 0 Å². The molecule has 0 N–H and O–H groups in total. The van der Waals surface area contributed by atoms with E-state index < -0.39 is 0 Å². The van der Waals surface area contributed by atoms with Crippen molar-refractivity contribution in [3.63, 3.8) is 0 Å². The molecule has 0 radical (unpaired) electrons. The molecule has 0 unspecified atom stereocenters. The summed E-state index contributed by atoms with van der Waals surface area (Å²) >= 11 is 0. The van der Waals surface area contributed by atoms with Crippen LogP contribution in [0, 0.1) is 0 Å². The molecule has 1 aromatic rings. The van der Waals surface area contributed by atoms with Gasteiger partial charge < -0.3 is 4.74 Å². The first-order chi connectivity index (χ1) is 8.00. The van der Waals surface area contributed by atoms with Gasteiger partial charge in [-0.1, -0.05) is 35.9 Å². The van der Waals surface area contributed by atoms with Crippen LogP contribution in [0.15, 0.2) is 47.2 Å². The number of rotatable bonds is 3. The first-order valence-electron chi connectivity index (χ1n) is 5.60. The molecule has 0 amide bonds. The molecule has 2 heteroatoms. The Balaban J connectivity index is 3.11. The van der Waals surface area contributed by atoms with Gasteiger partial charge in [0.25, 0.3) is 0 Å². The Hall–Kier alpha value is -1.83. The molecule has 0 aliphatic heterocycles. The van der Waals surface area contributed by atoms with Gasteiger partial charge in [0.2, 0.25) is 0 Å². The number of ether oxygens (including phenoxy) is 1. The molecular weight excluding hydrogens is 212 g/mol. The summed E-state index contributed by atoms with van der Waals surface area (Å²) in [6.45, 7) is 7.36. The lowest BCUT2D eigenvalue weighted by Gasteiger charge is -2.09. The average Bonchev–Trinajstić information content (AvgIpc) is 2.28. The van der Waals surface area contributed by atoms with E-state index in [-0.39, 0.29) is 5.97 Å². The number of carbonyl (C=O) groups is 1. The summed E-state index contributed by atoms with van der Waals surface area (Å²) in [4.78, 5) is 11.1. The largest absolute Gasteiger partial charge is 0.426 e. The standard InChI is InChI=1S/C15H18O2/c1-11(2)12(3)15(17-13(4)16)10-14-8-6-5-7-9-14/h5-10H,1-4H3/b15-10-. The van der Waals surface area contributed by atoms with Crippen LogP contribution in [0.3, 0.4) is 0 Å². The highest BCUT2D eigenvalue weighted by Crippen LogP contribution is 2.19. The maximum atomic E-state index is 11.1. The minimum atomic E-state index is -0.298. The van der Waals surface area contributed by atoms with E-state index in [1.54, 1.807) is 0 Å². The molecule has 0 saturated heterocycles. The third kappa shape index (κ3) is 4.27. The topological polar surface area (TPSA) is 26.3 Å². The van der Waals surface area contributed by atoms with Gasteiger partial charge in [-0.15, -0.1) is 0 Å². The van der Waals surface area contributed by atoms with Gasteiger partial charge in [-0.25, -0.2) is 0 Å². The van der Waals surface area contributed by atoms with Gasteiger partial charge in [0.05, 0.1) is 0 Å². The third-order valence-corrected chi connectivity index (χ3v) is 2.47. The summed E-state index contributed by atoms with van der Waals surface area (Å²) in [6, 6.07) is 9.81. The molecule has 90 valence electrons. The Morgan fingerprint density at radius 3 is 2.12 bits per heavy atom. The number of benzene rings is 1. The summed E-state index contributed by atoms with van der Waals surface area (Å²) < 4.78 is 5.24. The summed E-state index contributed by atoms with van der Waals surface area (Å²) in [6.07, 6.45) is 1.88. The molecule has 0 bridgehead atoms. The molecule has 0 fully saturated rings. The highest BCUT2D eigenvalue weighted by atomic mass is 16.5. The zero-order chi connectivity index (χ0) is 12.8. The highest BCUT2D eigenvalue weighted by molar-refractivity contribution is 5.70. The van der Waals surface area contributed by atoms with Crippen LogP contribution in [0.4, 0.5) is 0 Å². The molecule has 0 aliphatic carbocycles. The van der Waals surface area contributed by atoms with Crippen LogP contribution in [0.25, 0.3) is 6.08 Å². The van der Waals surface area contributed by atoms with Crippen LogP contribution in [-0.4, -0.2) is 5.97 Å². The van der Waals surface area contributed by atoms with Gasteiger partial charge in [-0.2, -0.15) is 0 Å². The quantitative estimate of drug-likeness (QED) is 0.446. The average molecular weight is 230 g/mol. The molecule has 0 saturated carbocycles. The molecule has 0 heterocycles. The summed E-state index contributed by atoms with van der Waals surface area (Å²) in [5, 5.41) is 0. The van der Waals surface area contributed by atoms with E-state index in [2.05, 4.69) is 0 Å². The van der Waals surface area contributed by atoms with Gasteiger partial charge >= 0.3 is 5.97 Å². The smallest absolute Gasteiger partial charge is 0.308 e. The molecule has 0 spiro atoms. The lowest BCUT2D eigenvalue weighted by molar-refractivity contribution is -0.136. The van der Waals surface area contributed by atoms with Gasteiger partial charge in [0, 0.05) is 6.92 Å². The lowest BCUT2D eigenvalue weighted by Crippen LogP contribution is -2.01. The Bertz CT molecular complexity index is 449.